The summed E-state index contributed by atoms with van der Waals surface area (Å²) in [6.07, 6.45) is -3.32. The van der Waals surface area contributed by atoms with Crippen LogP contribution in [-0.4, -0.2) is 30.5 Å². The highest BCUT2D eigenvalue weighted by Gasteiger charge is 2.33. The number of aromatic nitrogens is 2. The molecule has 0 saturated heterocycles. The van der Waals surface area contributed by atoms with Gasteiger partial charge >= 0.3 is 6.18 Å². The third kappa shape index (κ3) is 4.35. The van der Waals surface area contributed by atoms with Crippen molar-refractivity contribution >= 4 is 10.0 Å². The van der Waals surface area contributed by atoms with Crippen LogP contribution < -0.4 is 4.72 Å². The highest BCUT2D eigenvalue weighted by atomic mass is 32.2. The van der Waals surface area contributed by atoms with E-state index in [1.54, 1.807) is 0 Å². The van der Waals surface area contributed by atoms with Gasteiger partial charge in [-0.2, -0.15) is 18.3 Å². The number of nitrogens with zero attached hydrogens (tertiary/aromatic N) is 2. The fourth-order valence-corrected chi connectivity index (χ4v) is 1.66. The molecule has 0 atom stereocenters. The van der Waals surface area contributed by atoms with E-state index in [-0.39, 0.29) is 18.8 Å². The molecule has 5 nitrogen and oxygen atoms in total. The number of halogens is 3. The molecule has 0 aromatic carbocycles. The zero-order chi connectivity index (χ0) is 13.1. The van der Waals surface area contributed by atoms with Gasteiger partial charge in [-0.25, -0.2) is 13.1 Å². The van der Waals surface area contributed by atoms with E-state index in [9.17, 15) is 21.6 Å². The molecule has 1 aromatic rings. The van der Waals surface area contributed by atoms with Crippen LogP contribution in [0.3, 0.4) is 0 Å². The smallest absolute Gasteiger partial charge is 0.271 e. The molecule has 0 fully saturated rings. The molecular formula is C8H12F3N3O2S. The summed E-state index contributed by atoms with van der Waals surface area (Å²) in [7, 11) is -3.32. The van der Waals surface area contributed by atoms with Crippen LogP contribution in [0.1, 0.15) is 12.6 Å². The van der Waals surface area contributed by atoms with E-state index >= 15 is 0 Å². The second-order valence-corrected chi connectivity index (χ2v) is 5.36. The summed E-state index contributed by atoms with van der Waals surface area (Å²) in [5.74, 6) is -0.0695. The highest BCUT2D eigenvalue weighted by Crippen LogP contribution is 2.27. The third-order valence-corrected chi connectivity index (χ3v) is 3.38. The van der Waals surface area contributed by atoms with Crippen molar-refractivity contribution in [1.82, 2.24) is 14.5 Å². The monoisotopic (exact) mass is 271 g/mol. The van der Waals surface area contributed by atoms with E-state index in [0.717, 1.165) is 16.9 Å². The molecule has 1 N–H and O–H groups in total. The Labute approximate surface area is 96.7 Å². The van der Waals surface area contributed by atoms with Gasteiger partial charge in [-0.3, -0.25) is 4.68 Å². The Morgan fingerprint density at radius 3 is 2.59 bits per heavy atom. The standard InChI is InChI=1S/C8H12F3N3O2S/c1-2-17(15,16)12-4-6-14-5-3-7(13-14)8(9,10)11/h3,5,12H,2,4,6H2,1H3. The Kier molecular flexibility index (Phi) is 4.15. The largest absolute Gasteiger partial charge is 0.435 e. The Morgan fingerprint density at radius 2 is 2.12 bits per heavy atom. The minimum Gasteiger partial charge on any atom is -0.271 e. The molecule has 0 amide bonds. The lowest BCUT2D eigenvalue weighted by Gasteiger charge is -2.05. The number of sulfonamides is 1. The van der Waals surface area contributed by atoms with Gasteiger partial charge in [0.25, 0.3) is 0 Å². The minimum absolute atomic E-state index is 0.00908. The predicted octanol–water partition coefficient (Wildman–Crippen LogP) is 0.841. The van der Waals surface area contributed by atoms with E-state index in [1.165, 1.54) is 6.92 Å². The predicted molar refractivity (Wildman–Crippen MR) is 54.7 cm³/mol. The van der Waals surface area contributed by atoms with Gasteiger partial charge in [0.2, 0.25) is 10.0 Å². The number of hydrogen-bond donors (Lipinski definition) is 1. The van der Waals surface area contributed by atoms with Crippen molar-refractivity contribution in [1.29, 1.82) is 0 Å². The molecule has 0 saturated carbocycles. The molecule has 0 aliphatic carbocycles. The first-order chi connectivity index (χ1) is 7.74. The topological polar surface area (TPSA) is 64.0 Å². The van der Waals surface area contributed by atoms with Gasteiger partial charge in [0.05, 0.1) is 12.3 Å². The van der Waals surface area contributed by atoms with Crippen LogP contribution in [-0.2, 0) is 22.7 Å². The fraction of sp³-hybridized carbons (Fsp3) is 0.625. The van der Waals surface area contributed by atoms with Gasteiger partial charge in [-0.15, -0.1) is 0 Å². The van der Waals surface area contributed by atoms with Crippen molar-refractivity contribution in [3.63, 3.8) is 0 Å². The molecule has 17 heavy (non-hydrogen) atoms. The van der Waals surface area contributed by atoms with E-state index in [1.807, 2.05) is 0 Å². The van der Waals surface area contributed by atoms with Gasteiger partial charge < -0.3 is 0 Å². The van der Waals surface area contributed by atoms with Crippen LogP contribution >= 0.6 is 0 Å². The zero-order valence-corrected chi connectivity index (χ0v) is 9.85. The zero-order valence-electron chi connectivity index (χ0n) is 9.03. The van der Waals surface area contributed by atoms with Crippen molar-refractivity contribution in [3.8, 4) is 0 Å². The molecule has 98 valence electrons. The third-order valence-electron chi connectivity index (χ3n) is 1.97. The van der Waals surface area contributed by atoms with Gasteiger partial charge in [0, 0.05) is 12.7 Å². The van der Waals surface area contributed by atoms with Gasteiger partial charge in [-0.1, -0.05) is 0 Å². The SMILES string of the molecule is CCS(=O)(=O)NCCn1ccc(C(F)(F)F)n1. The molecule has 0 radical (unpaired) electrons. The van der Waals surface area contributed by atoms with Gasteiger partial charge in [0.15, 0.2) is 5.69 Å². The molecule has 0 aliphatic rings. The Hall–Kier alpha value is -1.09. The average molecular weight is 271 g/mol. The summed E-state index contributed by atoms with van der Waals surface area (Å²) in [6.45, 7) is 1.53. The molecule has 0 aliphatic heterocycles. The van der Waals surface area contributed by atoms with E-state index in [2.05, 4.69) is 9.82 Å². The van der Waals surface area contributed by atoms with Crippen molar-refractivity contribution in [2.24, 2.45) is 0 Å². The normalized spacial score (nSPS) is 12.9. The van der Waals surface area contributed by atoms with Crippen LogP contribution in [0, 0.1) is 0 Å². The van der Waals surface area contributed by atoms with E-state index in [4.69, 9.17) is 0 Å². The summed E-state index contributed by atoms with van der Waals surface area (Å²) in [5, 5.41) is 3.28. The van der Waals surface area contributed by atoms with E-state index < -0.39 is 21.9 Å². The highest BCUT2D eigenvalue weighted by molar-refractivity contribution is 7.89. The Balaban J connectivity index is 2.52. The molecule has 0 unspecified atom stereocenters. The maximum Gasteiger partial charge on any atom is 0.435 e. The van der Waals surface area contributed by atoms with E-state index in [0.29, 0.717) is 0 Å². The Morgan fingerprint density at radius 1 is 1.47 bits per heavy atom. The first-order valence-electron chi connectivity index (χ1n) is 4.82. The number of rotatable bonds is 5. The van der Waals surface area contributed by atoms with Crippen LogP contribution in [0.25, 0.3) is 0 Å². The van der Waals surface area contributed by atoms with Crippen molar-refractivity contribution in [3.05, 3.63) is 18.0 Å². The first kappa shape index (κ1) is 14.0. The molecule has 0 spiro atoms. The number of alkyl halides is 3. The Bertz CT molecular complexity index is 467. The summed E-state index contributed by atoms with van der Waals surface area (Å²) >= 11 is 0. The average Bonchev–Trinajstić information content (AvgIpc) is 2.66. The molecule has 1 heterocycles. The summed E-state index contributed by atoms with van der Waals surface area (Å²) in [5.41, 5.74) is -0.990. The summed E-state index contributed by atoms with van der Waals surface area (Å²) in [4.78, 5) is 0. The lowest BCUT2D eigenvalue weighted by molar-refractivity contribution is -0.141. The summed E-state index contributed by atoms with van der Waals surface area (Å²) in [6, 6.07) is 0.842. The number of hydrogen-bond acceptors (Lipinski definition) is 3. The van der Waals surface area contributed by atoms with Crippen molar-refractivity contribution in [2.45, 2.75) is 19.6 Å². The molecular weight excluding hydrogens is 259 g/mol. The maximum atomic E-state index is 12.2. The van der Waals surface area contributed by atoms with Crippen molar-refractivity contribution < 1.29 is 21.6 Å². The quantitative estimate of drug-likeness (QED) is 0.863. The van der Waals surface area contributed by atoms with Gasteiger partial charge in [0.1, 0.15) is 0 Å². The summed E-state index contributed by atoms with van der Waals surface area (Å²) < 4.78 is 61.9. The van der Waals surface area contributed by atoms with Gasteiger partial charge in [-0.05, 0) is 13.0 Å². The molecule has 1 aromatic heterocycles. The minimum atomic E-state index is -4.48. The fourth-order valence-electron chi connectivity index (χ4n) is 1.06. The maximum absolute atomic E-state index is 12.2. The second-order valence-electron chi connectivity index (χ2n) is 3.26. The van der Waals surface area contributed by atoms with Crippen LogP contribution in [0.2, 0.25) is 0 Å². The number of nitrogens with one attached hydrogen (secondary N) is 1. The first-order valence-corrected chi connectivity index (χ1v) is 6.48. The lowest BCUT2D eigenvalue weighted by atomic mass is 10.4. The molecule has 1 rings (SSSR count). The lowest BCUT2D eigenvalue weighted by Crippen LogP contribution is -2.28. The van der Waals surface area contributed by atoms with Crippen molar-refractivity contribution in [2.75, 3.05) is 12.3 Å². The van der Waals surface area contributed by atoms with Crippen LogP contribution in [0.15, 0.2) is 12.3 Å². The molecule has 0 bridgehead atoms. The van der Waals surface area contributed by atoms with Crippen LogP contribution in [0.5, 0.6) is 0 Å². The molecule has 9 heteroatoms. The van der Waals surface area contributed by atoms with Crippen LogP contribution in [0.4, 0.5) is 13.2 Å². The second kappa shape index (κ2) is 5.05.